The van der Waals surface area contributed by atoms with Crippen LogP contribution in [-0.2, 0) is 9.53 Å². The lowest BCUT2D eigenvalue weighted by Crippen LogP contribution is -2.34. The monoisotopic (exact) mass is 460 g/mol. The van der Waals surface area contributed by atoms with Crippen LogP contribution in [0.1, 0.15) is 72.8 Å². The van der Waals surface area contributed by atoms with Crippen molar-refractivity contribution in [2.24, 2.45) is 22.7 Å². The molecule has 1 aromatic carbocycles. The van der Waals surface area contributed by atoms with Gasteiger partial charge in [-0.05, 0) is 64.3 Å². The number of allylic oxidation sites excluding steroid dienone is 3. The summed E-state index contributed by atoms with van der Waals surface area (Å²) < 4.78 is 18.3. The number of aliphatic hydroxyl groups excluding tert-OH is 2. The zero-order valence-electron chi connectivity index (χ0n) is 21.2. The van der Waals surface area contributed by atoms with E-state index in [-0.39, 0.29) is 29.5 Å². The van der Waals surface area contributed by atoms with Crippen molar-refractivity contribution in [3.05, 3.63) is 53.4 Å². The van der Waals surface area contributed by atoms with Gasteiger partial charge in [-0.15, -0.1) is 0 Å². The smallest absolute Gasteiger partial charge is 0.308 e. The van der Waals surface area contributed by atoms with E-state index in [4.69, 9.17) is 0 Å². The summed E-state index contributed by atoms with van der Waals surface area (Å²) in [5, 5.41) is 20.7. The van der Waals surface area contributed by atoms with E-state index < -0.39 is 18.2 Å². The molecule has 0 bridgehead atoms. The molecule has 0 saturated heterocycles. The number of aliphatic hydroxyl groups is 2. The van der Waals surface area contributed by atoms with Crippen molar-refractivity contribution >= 4 is 11.5 Å². The van der Waals surface area contributed by atoms with E-state index in [0.29, 0.717) is 11.8 Å². The molecule has 33 heavy (non-hydrogen) atoms. The maximum absolute atomic E-state index is 13.7. The predicted molar refractivity (Wildman–Crippen MR) is 131 cm³/mol. The van der Waals surface area contributed by atoms with Crippen molar-refractivity contribution in [2.75, 3.05) is 7.11 Å². The third-order valence-corrected chi connectivity index (χ3v) is 7.75. The Bertz CT molecular complexity index is 866. The van der Waals surface area contributed by atoms with Crippen LogP contribution in [0.3, 0.4) is 0 Å². The van der Waals surface area contributed by atoms with E-state index in [2.05, 4.69) is 46.3 Å². The highest BCUT2D eigenvalue weighted by Gasteiger charge is 2.39. The second kappa shape index (κ2) is 11.0. The van der Waals surface area contributed by atoms with E-state index in [9.17, 15) is 19.4 Å². The molecule has 0 fully saturated rings. The van der Waals surface area contributed by atoms with Crippen molar-refractivity contribution in [1.82, 2.24) is 0 Å². The lowest BCUT2D eigenvalue weighted by molar-refractivity contribution is -0.143. The van der Waals surface area contributed by atoms with Crippen LogP contribution in [0.5, 0.6) is 0 Å². The Balaban J connectivity index is 2.52. The van der Waals surface area contributed by atoms with Crippen LogP contribution in [0.25, 0.3) is 5.57 Å². The summed E-state index contributed by atoms with van der Waals surface area (Å²) in [6.07, 6.45) is 3.58. The van der Waals surface area contributed by atoms with Crippen LogP contribution in [-0.4, -0.2) is 35.5 Å². The normalized spacial score (nSPS) is 27.0. The average molecular weight is 461 g/mol. The number of hydrogen-bond donors (Lipinski definition) is 2. The molecule has 0 aromatic heterocycles. The minimum atomic E-state index is -0.980. The predicted octanol–water partition coefficient (Wildman–Crippen LogP) is 5.93. The van der Waals surface area contributed by atoms with Crippen molar-refractivity contribution in [3.63, 3.8) is 0 Å². The van der Waals surface area contributed by atoms with Gasteiger partial charge in [-0.1, -0.05) is 65.8 Å². The van der Waals surface area contributed by atoms with Crippen molar-refractivity contribution in [1.29, 1.82) is 0 Å². The quantitative estimate of drug-likeness (QED) is 0.495. The SMILES string of the molecule is COC(=O)C[C@H](O)C[C@H](O)/C=C/C1=C(\c2ccc(F)cc2)CC(C)(C)C(C)CC(C)C1(C)C. The van der Waals surface area contributed by atoms with Gasteiger partial charge >= 0.3 is 5.97 Å². The molecule has 0 saturated carbocycles. The Morgan fingerprint density at radius 1 is 1.15 bits per heavy atom. The van der Waals surface area contributed by atoms with Gasteiger partial charge in [-0.2, -0.15) is 0 Å². The van der Waals surface area contributed by atoms with Crippen molar-refractivity contribution in [3.8, 4) is 0 Å². The zero-order valence-corrected chi connectivity index (χ0v) is 21.2. The third-order valence-electron chi connectivity index (χ3n) is 7.75. The maximum atomic E-state index is 13.7. The van der Waals surface area contributed by atoms with E-state index >= 15 is 0 Å². The molecular formula is C28H41FO4. The third kappa shape index (κ3) is 7.00. The first-order valence-electron chi connectivity index (χ1n) is 11.9. The zero-order chi connectivity index (χ0) is 25.0. The molecule has 0 spiro atoms. The number of esters is 1. The van der Waals surface area contributed by atoms with E-state index in [0.717, 1.165) is 29.6 Å². The number of benzene rings is 1. The average Bonchev–Trinajstić information content (AvgIpc) is 2.72. The number of carbonyl (C=O) groups excluding carboxylic acids is 1. The molecule has 1 aliphatic rings. The lowest BCUT2D eigenvalue weighted by atomic mass is 9.60. The van der Waals surface area contributed by atoms with Gasteiger partial charge in [0.2, 0.25) is 0 Å². The summed E-state index contributed by atoms with van der Waals surface area (Å²) in [4.78, 5) is 11.4. The summed E-state index contributed by atoms with van der Waals surface area (Å²) >= 11 is 0. The van der Waals surface area contributed by atoms with Gasteiger partial charge in [0, 0.05) is 6.42 Å². The fraction of sp³-hybridized carbons (Fsp3) is 0.607. The number of carbonyl (C=O) groups is 1. The van der Waals surface area contributed by atoms with Gasteiger partial charge in [0.15, 0.2) is 0 Å². The molecule has 4 nitrogen and oxygen atoms in total. The highest BCUT2D eigenvalue weighted by Crippen LogP contribution is 2.51. The van der Waals surface area contributed by atoms with Crippen molar-refractivity contribution in [2.45, 2.75) is 79.4 Å². The fourth-order valence-electron chi connectivity index (χ4n) is 4.67. The molecule has 1 aliphatic carbocycles. The summed E-state index contributed by atoms with van der Waals surface area (Å²) in [6.45, 7) is 13.6. The minimum Gasteiger partial charge on any atom is -0.469 e. The largest absolute Gasteiger partial charge is 0.469 e. The molecule has 2 N–H and O–H groups in total. The number of rotatable bonds is 7. The van der Waals surface area contributed by atoms with Crippen LogP contribution in [0, 0.1) is 28.5 Å². The molecule has 2 rings (SSSR count). The van der Waals surface area contributed by atoms with Gasteiger partial charge in [-0.25, -0.2) is 4.39 Å². The minimum absolute atomic E-state index is 0.0445. The summed E-state index contributed by atoms with van der Waals surface area (Å²) in [5.74, 6) is 0.111. The second-order valence-electron chi connectivity index (χ2n) is 10.9. The Morgan fingerprint density at radius 3 is 2.33 bits per heavy atom. The molecule has 1 aromatic rings. The molecule has 0 amide bonds. The Labute approximate surface area is 198 Å². The fourth-order valence-corrected chi connectivity index (χ4v) is 4.67. The first kappa shape index (κ1) is 27.3. The molecule has 0 aliphatic heterocycles. The molecule has 4 atom stereocenters. The second-order valence-corrected chi connectivity index (χ2v) is 10.9. The Hall–Kier alpha value is -1.98. The molecule has 0 heterocycles. The van der Waals surface area contributed by atoms with Gasteiger partial charge in [0.05, 0.1) is 25.7 Å². The molecular weight excluding hydrogens is 419 g/mol. The first-order valence-corrected chi connectivity index (χ1v) is 11.9. The van der Waals surface area contributed by atoms with Crippen LogP contribution < -0.4 is 0 Å². The Kier molecular flexibility index (Phi) is 9.06. The molecule has 0 radical (unpaired) electrons. The number of halogens is 1. The van der Waals surface area contributed by atoms with E-state index in [1.54, 1.807) is 6.08 Å². The topological polar surface area (TPSA) is 66.8 Å². The number of ether oxygens (including phenoxy) is 1. The maximum Gasteiger partial charge on any atom is 0.308 e. The number of hydrogen-bond acceptors (Lipinski definition) is 4. The first-order chi connectivity index (χ1) is 15.3. The summed E-state index contributed by atoms with van der Waals surface area (Å²) in [7, 11) is 1.27. The standard InChI is InChI=1S/C28H41FO4/c1-18-14-19(2)28(5,6)25(13-12-22(30)15-23(31)16-26(32)33-7)24(17-27(18,3)4)20-8-10-21(29)11-9-20/h8-13,18-19,22-23,30-31H,14-17H2,1-7H3/b13-12+,25-24+/t18?,19?,22-,23-/m1/s1. The van der Waals surface area contributed by atoms with Gasteiger partial charge in [-0.3, -0.25) is 4.79 Å². The number of methoxy groups -OCH3 is 1. The van der Waals surface area contributed by atoms with Crippen molar-refractivity contribution < 1.29 is 24.1 Å². The van der Waals surface area contributed by atoms with Crippen LogP contribution in [0.2, 0.25) is 0 Å². The van der Waals surface area contributed by atoms with Crippen LogP contribution >= 0.6 is 0 Å². The van der Waals surface area contributed by atoms with Gasteiger partial charge in [0.1, 0.15) is 5.82 Å². The van der Waals surface area contributed by atoms with E-state index in [1.807, 2.05) is 18.2 Å². The summed E-state index contributed by atoms with van der Waals surface area (Å²) in [5.41, 5.74) is 3.11. The van der Waals surface area contributed by atoms with Gasteiger partial charge < -0.3 is 14.9 Å². The van der Waals surface area contributed by atoms with E-state index in [1.165, 1.54) is 19.2 Å². The summed E-state index contributed by atoms with van der Waals surface area (Å²) in [6, 6.07) is 6.65. The molecule has 5 heteroatoms. The highest BCUT2D eigenvalue weighted by atomic mass is 19.1. The van der Waals surface area contributed by atoms with Crippen LogP contribution in [0.15, 0.2) is 42.0 Å². The molecule has 184 valence electrons. The molecule has 2 unspecified atom stereocenters. The highest BCUT2D eigenvalue weighted by molar-refractivity contribution is 5.73. The lowest BCUT2D eigenvalue weighted by Gasteiger charge is -2.44. The van der Waals surface area contributed by atoms with Gasteiger partial charge in [0.25, 0.3) is 0 Å². The van der Waals surface area contributed by atoms with Crippen LogP contribution in [0.4, 0.5) is 4.39 Å². The Morgan fingerprint density at radius 2 is 1.76 bits per heavy atom.